The Morgan fingerprint density at radius 2 is 2.00 bits per heavy atom. The molecule has 0 aromatic carbocycles. The summed E-state index contributed by atoms with van der Waals surface area (Å²) in [5.41, 5.74) is 0. The summed E-state index contributed by atoms with van der Waals surface area (Å²) in [5.74, 6) is 1.43. The van der Waals surface area contributed by atoms with Crippen LogP contribution in [0.4, 0.5) is 0 Å². The summed E-state index contributed by atoms with van der Waals surface area (Å²) in [4.78, 5) is 0. The molecule has 0 radical (unpaired) electrons. The van der Waals surface area contributed by atoms with Crippen molar-refractivity contribution in [3.63, 3.8) is 0 Å². The van der Waals surface area contributed by atoms with Crippen molar-refractivity contribution in [3.8, 4) is 0 Å². The number of alkyl halides is 1. The topological polar surface area (TPSA) is 20.2 Å². The van der Waals surface area contributed by atoms with Crippen molar-refractivity contribution in [2.75, 3.05) is 0 Å². The van der Waals surface area contributed by atoms with Crippen molar-refractivity contribution in [2.24, 2.45) is 11.8 Å². The van der Waals surface area contributed by atoms with Crippen LogP contribution in [0, 0.1) is 11.8 Å². The molecule has 1 fully saturated rings. The van der Waals surface area contributed by atoms with E-state index in [-0.39, 0.29) is 11.5 Å². The lowest BCUT2D eigenvalue weighted by Gasteiger charge is -2.31. The molecule has 0 heterocycles. The van der Waals surface area contributed by atoms with Crippen LogP contribution < -0.4 is 0 Å². The molecule has 1 aliphatic rings. The van der Waals surface area contributed by atoms with Gasteiger partial charge in [-0.25, -0.2) is 0 Å². The Labute approximate surface area is 73.8 Å². The average molecular weight is 177 g/mol. The van der Waals surface area contributed by atoms with E-state index < -0.39 is 0 Å². The fraction of sp³-hybridized carbons (Fsp3) is 1.00. The first kappa shape index (κ1) is 9.34. The molecule has 0 bridgehead atoms. The number of halogens is 1. The van der Waals surface area contributed by atoms with Gasteiger partial charge in [0.15, 0.2) is 0 Å². The van der Waals surface area contributed by atoms with E-state index in [0.29, 0.717) is 5.92 Å². The molecule has 1 rings (SSSR count). The average Bonchev–Trinajstić information content (AvgIpc) is 1.94. The molecule has 1 aliphatic carbocycles. The standard InChI is InChI=1S/C9H17ClO/c1-6(2)7-3-4-9(11)8(10)5-7/h6-9,11H,3-5H2,1-2H3. The van der Waals surface area contributed by atoms with Crippen LogP contribution in [0.1, 0.15) is 33.1 Å². The minimum Gasteiger partial charge on any atom is -0.392 e. The van der Waals surface area contributed by atoms with Crippen molar-refractivity contribution < 1.29 is 5.11 Å². The molecule has 0 aromatic heterocycles. The summed E-state index contributed by atoms with van der Waals surface area (Å²) in [5, 5.41) is 9.34. The predicted molar refractivity (Wildman–Crippen MR) is 47.8 cm³/mol. The van der Waals surface area contributed by atoms with Crippen molar-refractivity contribution >= 4 is 11.6 Å². The second-order valence-electron chi connectivity index (χ2n) is 3.90. The summed E-state index contributed by atoms with van der Waals surface area (Å²) in [6, 6.07) is 0. The zero-order valence-corrected chi connectivity index (χ0v) is 8.01. The third-order valence-corrected chi connectivity index (χ3v) is 3.19. The third-order valence-electron chi connectivity index (χ3n) is 2.72. The van der Waals surface area contributed by atoms with Gasteiger partial charge in [-0.1, -0.05) is 13.8 Å². The SMILES string of the molecule is CC(C)C1CCC(O)C(Cl)C1. The van der Waals surface area contributed by atoms with E-state index >= 15 is 0 Å². The monoisotopic (exact) mass is 176 g/mol. The highest BCUT2D eigenvalue weighted by Gasteiger charge is 2.28. The first-order chi connectivity index (χ1) is 5.11. The molecule has 3 atom stereocenters. The van der Waals surface area contributed by atoms with E-state index in [4.69, 9.17) is 11.6 Å². The van der Waals surface area contributed by atoms with Crippen molar-refractivity contribution in [1.29, 1.82) is 0 Å². The fourth-order valence-electron chi connectivity index (χ4n) is 1.74. The van der Waals surface area contributed by atoms with Crippen LogP contribution in [0.15, 0.2) is 0 Å². The van der Waals surface area contributed by atoms with Gasteiger partial charge in [-0.05, 0) is 31.1 Å². The highest BCUT2D eigenvalue weighted by Crippen LogP contribution is 2.32. The molecule has 0 saturated heterocycles. The summed E-state index contributed by atoms with van der Waals surface area (Å²) in [6.45, 7) is 4.46. The zero-order valence-electron chi connectivity index (χ0n) is 7.26. The first-order valence-electron chi connectivity index (χ1n) is 4.43. The molecule has 2 heteroatoms. The Kier molecular flexibility index (Phi) is 3.20. The lowest BCUT2D eigenvalue weighted by Crippen LogP contribution is -2.31. The largest absolute Gasteiger partial charge is 0.392 e. The van der Waals surface area contributed by atoms with Crippen LogP contribution in [0.25, 0.3) is 0 Å². The van der Waals surface area contributed by atoms with E-state index in [2.05, 4.69) is 13.8 Å². The molecule has 1 saturated carbocycles. The maximum Gasteiger partial charge on any atom is 0.0703 e. The van der Waals surface area contributed by atoms with Gasteiger partial charge >= 0.3 is 0 Å². The molecule has 0 aromatic rings. The van der Waals surface area contributed by atoms with Crippen LogP contribution in [-0.2, 0) is 0 Å². The second-order valence-corrected chi connectivity index (χ2v) is 4.46. The minimum absolute atomic E-state index is 0.00356. The van der Waals surface area contributed by atoms with E-state index in [0.717, 1.165) is 25.2 Å². The minimum atomic E-state index is -0.258. The van der Waals surface area contributed by atoms with Crippen molar-refractivity contribution in [2.45, 2.75) is 44.6 Å². The zero-order chi connectivity index (χ0) is 8.43. The summed E-state index contributed by atoms with van der Waals surface area (Å²) in [7, 11) is 0. The van der Waals surface area contributed by atoms with Gasteiger partial charge in [0.25, 0.3) is 0 Å². The van der Waals surface area contributed by atoms with Gasteiger partial charge < -0.3 is 5.11 Å². The lowest BCUT2D eigenvalue weighted by atomic mass is 9.80. The molecule has 0 spiro atoms. The second kappa shape index (κ2) is 3.77. The van der Waals surface area contributed by atoms with Crippen LogP contribution >= 0.6 is 11.6 Å². The van der Waals surface area contributed by atoms with Crippen LogP contribution in [0.2, 0.25) is 0 Å². The quantitative estimate of drug-likeness (QED) is 0.609. The molecular weight excluding hydrogens is 160 g/mol. The van der Waals surface area contributed by atoms with Crippen LogP contribution in [0.3, 0.4) is 0 Å². The van der Waals surface area contributed by atoms with Gasteiger partial charge in [0, 0.05) is 0 Å². The Bertz CT molecular complexity index is 125. The molecule has 0 aliphatic heterocycles. The Balaban J connectivity index is 2.40. The molecule has 3 unspecified atom stereocenters. The van der Waals surface area contributed by atoms with Gasteiger partial charge in [0.1, 0.15) is 0 Å². The Morgan fingerprint density at radius 3 is 2.45 bits per heavy atom. The van der Waals surface area contributed by atoms with Crippen LogP contribution in [0.5, 0.6) is 0 Å². The Morgan fingerprint density at radius 1 is 1.36 bits per heavy atom. The van der Waals surface area contributed by atoms with Gasteiger partial charge in [0.2, 0.25) is 0 Å². The number of hydrogen-bond acceptors (Lipinski definition) is 1. The number of aliphatic hydroxyl groups is 1. The van der Waals surface area contributed by atoms with E-state index in [1.807, 2.05) is 0 Å². The first-order valence-corrected chi connectivity index (χ1v) is 4.87. The van der Waals surface area contributed by atoms with E-state index in [9.17, 15) is 5.11 Å². The Hall–Kier alpha value is 0.250. The van der Waals surface area contributed by atoms with Gasteiger partial charge in [0.05, 0.1) is 11.5 Å². The highest BCUT2D eigenvalue weighted by molar-refractivity contribution is 6.21. The summed E-state index contributed by atoms with van der Waals surface area (Å²) >= 11 is 5.96. The van der Waals surface area contributed by atoms with Crippen LogP contribution in [-0.4, -0.2) is 16.6 Å². The van der Waals surface area contributed by atoms with Crippen molar-refractivity contribution in [3.05, 3.63) is 0 Å². The predicted octanol–water partition coefficient (Wildman–Crippen LogP) is 2.41. The molecule has 1 nitrogen and oxygen atoms in total. The molecule has 11 heavy (non-hydrogen) atoms. The summed E-state index contributed by atoms with van der Waals surface area (Å²) in [6.07, 6.45) is 2.76. The number of aliphatic hydroxyl groups excluding tert-OH is 1. The van der Waals surface area contributed by atoms with Crippen molar-refractivity contribution in [1.82, 2.24) is 0 Å². The van der Waals surface area contributed by atoms with Gasteiger partial charge in [-0.3, -0.25) is 0 Å². The molecule has 0 amide bonds. The highest BCUT2D eigenvalue weighted by atomic mass is 35.5. The van der Waals surface area contributed by atoms with Gasteiger partial charge in [-0.2, -0.15) is 0 Å². The molecule has 1 N–H and O–H groups in total. The third kappa shape index (κ3) is 2.34. The molecule has 66 valence electrons. The summed E-state index contributed by atoms with van der Waals surface area (Å²) < 4.78 is 0. The van der Waals surface area contributed by atoms with E-state index in [1.54, 1.807) is 0 Å². The molecular formula is C9H17ClO. The maximum atomic E-state index is 9.35. The number of rotatable bonds is 1. The lowest BCUT2D eigenvalue weighted by molar-refractivity contribution is 0.101. The smallest absolute Gasteiger partial charge is 0.0703 e. The maximum absolute atomic E-state index is 9.35. The van der Waals surface area contributed by atoms with E-state index in [1.165, 1.54) is 0 Å². The number of hydrogen-bond donors (Lipinski definition) is 1. The normalized spacial score (nSPS) is 39.5. The fourth-order valence-corrected chi connectivity index (χ4v) is 2.09. The van der Waals surface area contributed by atoms with Gasteiger partial charge in [-0.15, -0.1) is 11.6 Å².